The van der Waals surface area contributed by atoms with Crippen LogP contribution < -0.4 is 0 Å². The van der Waals surface area contributed by atoms with Gasteiger partial charge in [-0.2, -0.15) is 0 Å². The van der Waals surface area contributed by atoms with Crippen molar-refractivity contribution in [3.8, 4) is 0 Å². The molecule has 2 nitrogen and oxygen atoms in total. The second-order valence-corrected chi connectivity index (χ2v) is 5.15. The van der Waals surface area contributed by atoms with Crippen molar-refractivity contribution < 1.29 is 13.9 Å². The van der Waals surface area contributed by atoms with Crippen LogP contribution in [0.2, 0.25) is 5.02 Å². The fraction of sp³-hybridized carbons (Fsp3) is 0.400. The lowest BCUT2D eigenvalue weighted by Gasteiger charge is -2.18. The molecule has 0 N–H and O–H groups in total. The first-order valence-electron chi connectivity index (χ1n) is 6.15. The molecule has 0 aliphatic carbocycles. The quantitative estimate of drug-likeness (QED) is 0.744. The summed E-state index contributed by atoms with van der Waals surface area (Å²) in [5.41, 5.74) is 0.984. The second kappa shape index (κ2) is 7.29. The van der Waals surface area contributed by atoms with Crippen LogP contribution in [0.5, 0.6) is 0 Å². The van der Waals surface area contributed by atoms with Gasteiger partial charge in [-0.05, 0) is 29.7 Å². The van der Waals surface area contributed by atoms with Gasteiger partial charge in [-0.3, -0.25) is 4.79 Å². The minimum absolute atomic E-state index is 0.0761. The maximum absolute atomic E-state index is 13.7. The average Bonchev–Trinajstić information content (AvgIpc) is 2.34. The van der Waals surface area contributed by atoms with Crippen LogP contribution in [0.15, 0.2) is 36.2 Å². The minimum atomic E-state index is -0.490. The van der Waals surface area contributed by atoms with E-state index in [1.807, 2.05) is 26.0 Å². The van der Waals surface area contributed by atoms with Gasteiger partial charge >= 0.3 is 5.97 Å². The third-order valence-corrected chi connectivity index (χ3v) is 3.00. The SMILES string of the molecule is CC(=O)OC/C(F)=C/C(c1ccc(Cl)cc1)C(C)C. The summed E-state index contributed by atoms with van der Waals surface area (Å²) >= 11 is 5.84. The number of carbonyl (C=O) groups excluding carboxylic acids is 1. The van der Waals surface area contributed by atoms with Gasteiger partial charge in [0, 0.05) is 17.9 Å². The average molecular weight is 285 g/mol. The van der Waals surface area contributed by atoms with Gasteiger partial charge in [0.1, 0.15) is 12.4 Å². The fourth-order valence-electron chi connectivity index (χ4n) is 1.77. The molecule has 0 bridgehead atoms. The van der Waals surface area contributed by atoms with E-state index in [1.165, 1.54) is 13.0 Å². The van der Waals surface area contributed by atoms with Crippen molar-refractivity contribution in [2.45, 2.75) is 26.7 Å². The second-order valence-electron chi connectivity index (χ2n) is 4.72. The standard InChI is InChI=1S/C15H18ClFO2/c1-10(2)15(8-14(17)9-19-11(3)18)12-4-6-13(16)7-5-12/h4-8,10,15H,9H2,1-3H3/b14-8-. The van der Waals surface area contributed by atoms with Gasteiger partial charge in [0.2, 0.25) is 0 Å². The Kier molecular flexibility index (Phi) is 6.03. The number of rotatable bonds is 5. The normalized spacial score (nSPS) is 13.5. The van der Waals surface area contributed by atoms with Gasteiger partial charge < -0.3 is 4.74 Å². The molecule has 0 radical (unpaired) electrons. The number of allylic oxidation sites excluding steroid dienone is 1. The number of carbonyl (C=O) groups is 1. The van der Waals surface area contributed by atoms with Gasteiger partial charge in [-0.1, -0.05) is 37.6 Å². The monoisotopic (exact) mass is 284 g/mol. The number of ether oxygens (including phenoxy) is 1. The molecule has 19 heavy (non-hydrogen) atoms. The third-order valence-electron chi connectivity index (χ3n) is 2.75. The highest BCUT2D eigenvalue weighted by atomic mass is 35.5. The Hall–Kier alpha value is -1.35. The first kappa shape index (κ1) is 15.7. The Bertz CT molecular complexity index is 452. The zero-order valence-electron chi connectivity index (χ0n) is 11.3. The van der Waals surface area contributed by atoms with Crippen LogP contribution in [-0.4, -0.2) is 12.6 Å². The van der Waals surface area contributed by atoms with Gasteiger partial charge in [0.15, 0.2) is 0 Å². The highest BCUT2D eigenvalue weighted by Gasteiger charge is 2.15. The molecule has 1 aromatic rings. The Morgan fingerprint density at radius 2 is 1.95 bits per heavy atom. The molecule has 104 valence electrons. The van der Waals surface area contributed by atoms with Crippen LogP contribution in [-0.2, 0) is 9.53 Å². The fourth-order valence-corrected chi connectivity index (χ4v) is 1.90. The zero-order valence-corrected chi connectivity index (χ0v) is 12.1. The summed E-state index contributed by atoms with van der Waals surface area (Å²) in [6.07, 6.45) is 1.50. The lowest BCUT2D eigenvalue weighted by atomic mass is 9.88. The summed E-state index contributed by atoms with van der Waals surface area (Å²) in [4.78, 5) is 10.6. The third kappa shape index (κ3) is 5.43. The molecular weight excluding hydrogens is 267 g/mol. The molecule has 4 heteroatoms. The maximum atomic E-state index is 13.7. The van der Waals surface area contributed by atoms with Crippen LogP contribution in [0.4, 0.5) is 4.39 Å². The van der Waals surface area contributed by atoms with Crippen molar-refractivity contribution in [1.29, 1.82) is 0 Å². The summed E-state index contributed by atoms with van der Waals surface area (Å²) in [5.74, 6) is -0.780. The van der Waals surface area contributed by atoms with Crippen molar-refractivity contribution in [2.24, 2.45) is 5.92 Å². The van der Waals surface area contributed by atoms with E-state index in [1.54, 1.807) is 12.1 Å². The molecule has 0 spiro atoms. The minimum Gasteiger partial charge on any atom is -0.459 e. The van der Waals surface area contributed by atoms with Crippen molar-refractivity contribution in [2.75, 3.05) is 6.61 Å². The summed E-state index contributed by atoms with van der Waals surface area (Å²) in [6, 6.07) is 7.32. The molecule has 0 aliphatic rings. The van der Waals surface area contributed by atoms with Crippen molar-refractivity contribution >= 4 is 17.6 Å². The van der Waals surface area contributed by atoms with E-state index in [4.69, 9.17) is 11.6 Å². The Balaban J connectivity index is 2.86. The number of halogens is 2. The van der Waals surface area contributed by atoms with Crippen molar-refractivity contribution in [1.82, 2.24) is 0 Å². The molecule has 1 aromatic carbocycles. The largest absolute Gasteiger partial charge is 0.459 e. The number of hydrogen-bond acceptors (Lipinski definition) is 2. The first-order chi connectivity index (χ1) is 8.90. The van der Waals surface area contributed by atoms with Gasteiger partial charge in [-0.25, -0.2) is 4.39 Å². The molecule has 1 atom stereocenters. The number of benzene rings is 1. The first-order valence-corrected chi connectivity index (χ1v) is 6.53. The molecule has 0 aromatic heterocycles. The topological polar surface area (TPSA) is 26.3 Å². The smallest absolute Gasteiger partial charge is 0.303 e. The lowest BCUT2D eigenvalue weighted by molar-refractivity contribution is -0.140. The van der Waals surface area contributed by atoms with E-state index in [0.717, 1.165) is 5.56 Å². The van der Waals surface area contributed by atoms with E-state index in [-0.39, 0.29) is 18.4 Å². The van der Waals surface area contributed by atoms with Crippen molar-refractivity contribution in [3.63, 3.8) is 0 Å². The van der Waals surface area contributed by atoms with Crippen LogP contribution in [0, 0.1) is 5.92 Å². The van der Waals surface area contributed by atoms with E-state index in [0.29, 0.717) is 5.02 Å². The van der Waals surface area contributed by atoms with Gasteiger partial charge in [0.05, 0.1) is 0 Å². The Labute approximate surface area is 118 Å². The summed E-state index contributed by atoms with van der Waals surface area (Å²) in [5, 5.41) is 0.649. The maximum Gasteiger partial charge on any atom is 0.303 e. The predicted octanol–water partition coefficient (Wildman–Crippen LogP) is 4.50. The van der Waals surface area contributed by atoms with E-state index >= 15 is 0 Å². The Morgan fingerprint density at radius 3 is 2.42 bits per heavy atom. The summed E-state index contributed by atoms with van der Waals surface area (Å²) in [6.45, 7) is 4.96. The molecule has 1 rings (SSSR count). The lowest BCUT2D eigenvalue weighted by Crippen LogP contribution is -2.07. The van der Waals surface area contributed by atoms with Crippen molar-refractivity contribution in [3.05, 3.63) is 46.8 Å². The van der Waals surface area contributed by atoms with Crippen LogP contribution in [0.1, 0.15) is 32.3 Å². The molecule has 0 heterocycles. The molecule has 0 saturated heterocycles. The molecule has 0 fully saturated rings. The van der Waals surface area contributed by atoms with E-state index in [2.05, 4.69) is 4.74 Å². The summed E-state index contributed by atoms with van der Waals surface area (Å²) in [7, 11) is 0. The number of esters is 1. The van der Waals surface area contributed by atoms with E-state index in [9.17, 15) is 9.18 Å². The predicted molar refractivity (Wildman–Crippen MR) is 74.9 cm³/mol. The number of hydrogen-bond donors (Lipinski definition) is 0. The highest BCUT2D eigenvalue weighted by Crippen LogP contribution is 2.28. The molecule has 0 amide bonds. The highest BCUT2D eigenvalue weighted by molar-refractivity contribution is 6.30. The zero-order chi connectivity index (χ0) is 14.4. The van der Waals surface area contributed by atoms with E-state index < -0.39 is 11.8 Å². The van der Waals surface area contributed by atoms with Crippen LogP contribution >= 0.6 is 11.6 Å². The molecule has 0 saturated carbocycles. The molecular formula is C15H18ClFO2. The summed E-state index contributed by atoms with van der Waals surface area (Å²) < 4.78 is 18.3. The Morgan fingerprint density at radius 1 is 1.37 bits per heavy atom. The van der Waals surface area contributed by atoms with Gasteiger partial charge in [-0.15, -0.1) is 0 Å². The van der Waals surface area contributed by atoms with Crippen LogP contribution in [0.25, 0.3) is 0 Å². The molecule has 0 aliphatic heterocycles. The van der Waals surface area contributed by atoms with Crippen LogP contribution in [0.3, 0.4) is 0 Å². The van der Waals surface area contributed by atoms with Gasteiger partial charge in [0.25, 0.3) is 0 Å². The molecule has 1 unspecified atom stereocenters.